The fraction of sp³-hybridized carbons (Fsp3) is 0.636. The Morgan fingerprint density at radius 2 is 1.19 bits per heavy atom. The van der Waals surface area contributed by atoms with Crippen LogP contribution in [0.3, 0.4) is 0 Å². The van der Waals surface area contributed by atoms with E-state index < -0.39 is 11.9 Å². The van der Waals surface area contributed by atoms with E-state index in [9.17, 15) is 9.59 Å². The van der Waals surface area contributed by atoms with Gasteiger partial charge in [0.05, 0.1) is 12.8 Å². The summed E-state index contributed by atoms with van der Waals surface area (Å²) in [5.41, 5.74) is 2.25. The van der Waals surface area contributed by atoms with Gasteiger partial charge in [0.1, 0.15) is 0 Å². The van der Waals surface area contributed by atoms with E-state index in [1.165, 1.54) is 11.1 Å². The Hall–Kier alpha value is -1.84. The third-order valence-electron chi connectivity index (χ3n) is 4.89. The maximum atomic E-state index is 10.9. The van der Waals surface area contributed by atoms with Gasteiger partial charge < -0.3 is 10.2 Å². The lowest BCUT2D eigenvalue weighted by atomic mass is 9.83. The monoisotopic (exact) mass is 362 g/mol. The maximum Gasteiger partial charge on any atom is 0.303 e. The summed E-state index contributed by atoms with van der Waals surface area (Å²) >= 11 is 0. The number of aliphatic carboxylic acids is 2. The first-order valence-electron chi connectivity index (χ1n) is 9.51. The van der Waals surface area contributed by atoms with Crippen molar-refractivity contribution in [3.8, 4) is 0 Å². The minimum atomic E-state index is -0.734. The highest BCUT2D eigenvalue weighted by Crippen LogP contribution is 2.29. The SMILES string of the molecule is CC(C)(CCCc1cccc(CCCC(C)(C)CC(=O)O)c1)CC(=O)O. The second-order valence-corrected chi connectivity index (χ2v) is 9.00. The average molecular weight is 363 g/mol. The van der Waals surface area contributed by atoms with Crippen LogP contribution in [0.15, 0.2) is 24.3 Å². The van der Waals surface area contributed by atoms with E-state index in [-0.39, 0.29) is 23.7 Å². The van der Waals surface area contributed by atoms with E-state index in [1.807, 2.05) is 27.7 Å². The normalized spacial score (nSPS) is 12.2. The molecule has 0 bridgehead atoms. The molecule has 0 unspecified atom stereocenters. The molecule has 0 fully saturated rings. The van der Waals surface area contributed by atoms with Gasteiger partial charge in [0.25, 0.3) is 0 Å². The molecule has 1 rings (SSSR count). The van der Waals surface area contributed by atoms with Crippen molar-refractivity contribution in [3.63, 3.8) is 0 Å². The summed E-state index contributed by atoms with van der Waals surface area (Å²) in [5.74, 6) is -1.47. The van der Waals surface area contributed by atoms with Crippen molar-refractivity contribution < 1.29 is 19.8 Å². The summed E-state index contributed by atoms with van der Waals surface area (Å²) in [6.45, 7) is 8.04. The minimum absolute atomic E-state index is 0.167. The number of rotatable bonds is 12. The number of aryl methyl sites for hydroxylation is 2. The number of carboxylic acids is 2. The van der Waals surface area contributed by atoms with Crippen LogP contribution in [0, 0.1) is 10.8 Å². The van der Waals surface area contributed by atoms with E-state index in [2.05, 4.69) is 24.3 Å². The van der Waals surface area contributed by atoms with Gasteiger partial charge in [0.15, 0.2) is 0 Å². The topological polar surface area (TPSA) is 74.6 Å². The van der Waals surface area contributed by atoms with Crippen LogP contribution in [0.25, 0.3) is 0 Å². The van der Waals surface area contributed by atoms with E-state index in [1.54, 1.807) is 0 Å². The van der Waals surface area contributed by atoms with Gasteiger partial charge in [-0.05, 0) is 60.5 Å². The lowest BCUT2D eigenvalue weighted by Crippen LogP contribution is -2.17. The fourth-order valence-electron chi connectivity index (χ4n) is 3.48. The number of hydrogen-bond acceptors (Lipinski definition) is 2. The molecule has 0 heterocycles. The number of carbonyl (C=O) groups is 2. The molecular weight excluding hydrogens is 328 g/mol. The van der Waals surface area contributed by atoms with E-state index in [0.717, 1.165) is 38.5 Å². The van der Waals surface area contributed by atoms with Gasteiger partial charge in [-0.25, -0.2) is 0 Å². The largest absolute Gasteiger partial charge is 0.481 e. The molecule has 1 aromatic rings. The average Bonchev–Trinajstić information content (AvgIpc) is 2.44. The summed E-state index contributed by atoms with van der Waals surface area (Å²) in [4.78, 5) is 21.8. The van der Waals surface area contributed by atoms with Crippen molar-refractivity contribution in [2.75, 3.05) is 0 Å². The molecule has 0 aliphatic carbocycles. The molecular formula is C22H34O4. The van der Waals surface area contributed by atoms with Crippen molar-refractivity contribution in [2.24, 2.45) is 10.8 Å². The third kappa shape index (κ3) is 9.59. The highest BCUT2D eigenvalue weighted by atomic mass is 16.4. The first-order chi connectivity index (χ1) is 12.0. The molecule has 2 N–H and O–H groups in total. The first kappa shape index (κ1) is 22.2. The maximum absolute atomic E-state index is 10.9. The number of hydrogen-bond donors (Lipinski definition) is 2. The molecule has 4 heteroatoms. The highest BCUT2D eigenvalue weighted by molar-refractivity contribution is 5.67. The molecule has 0 aliphatic rings. The minimum Gasteiger partial charge on any atom is -0.481 e. The lowest BCUT2D eigenvalue weighted by Gasteiger charge is -2.22. The van der Waals surface area contributed by atoms with Crippen LogP contribution in [0.5, 0.6) is 0 Å². The molecule has 146 valence electrons. The van der Waals surface area contributed by atoms with E-state index >= 15 is 0 Å². The molecule has 4 nitrogen and oxygen atoms in total. The summed E-state index contributed by atoms with van der Waals surface area (Å²) in [6.07, 6.45) is 6.09. The predicted octanol–water partition coefficient (Wildman–Crippen LogP) is 5.33. The lowest BCUT2D eigenvalue weighted by molar-refractivity contribution is -0.140. The molecule has 0 aromatic heterocycles. The molecule has 26 heavy (non-hydrogen) atoms. The summed E-state index contributed by atoms with van der Waals surface area (Å²) < 4.78 is 0. The van der Waals surface area contributed by atoms with Crippen LogP contribution in [0.2, 0.25) is 0 Å². The summed E-state index contributed by atoms with van der Waals surface area (Å²) in [6, 6.07) is 8.56. The molecule has 0 atom stereocenters. The van der Waals surface area contributed by atoms with Crippen molar-refractivity contribution >= 4 is 11.9 Å². The van der Waals surface area contributed by atoms with Crippen molar-refractivity contribution in [2.45, 2.75) is 79.1 Å². The van der Waals surface area contributed by atoms with E-state index in [0.29, 0.717) is 0 Å². The predicted molar refractivity (Wildman–Crippen MR) is 104 cm³/mol. The van der Waals surface area contributed by atoms with Crippen LogP contribution in [-0.2, 0) is 22.4 Å². The second kappa shape index (κ2) is 9.75. The van der Waals surface area contributed by atoms with Crippen molar-refractivity contribution in [1.82, 2.24) is 0 Å². The van der Waals surface area contributed by atoms with Crippen LogP contribution in [0.1, 0.15) is 77.3 Å². The van der Waals surface area contributed by atoms with Gasteiger partial charge in [-0.3, -0.25) is 9.59 Å². The van der Waals surface area contributed by atoms with E-state index in [4.69, 9.17) is 10.2 Å². The molecule has 0 amide bonds. The Bertz CT molecular complexity index is 553. The Morgan fingerprint density at radius 1 is 0.808 bits per heavy atom. The Labute approximate surface area is 157 Å². The molecule has 0 saturated heterocycles. The Balaban J connectivity index is 2.45. The molecule has 0 radical (unpaired) electrons. The van der Waals surface area contributed by atoms with Gasteiger partial charge in [0, 0.05) is 0 Å². The van der Waals surface area contributed by atoms with Gasteiger partial charge in [0.2, 0.25) is 0 Å². The van der Waals surface area contributed by atoms with Crippen LogP contribution in [-0.4, -0.2) is 22.2 Å². The van der Waals surface area contributed by atoms with Crippen LogP contribution >= 0.6 is 0 Å². The van der Waals surface area contributed by atoms with Gasteiger partial charge >= 0.3 is 11.9 Å². The quantitative estimate of drug-likeness (QED) is 0.527. The van der Waals surface area contributed by atoms with Crippen LogP contribution in [0.4, 0.5) is 0 Å². The zero-order chi connectivity index (χ0) is 19.8. The van der Waals surface area contributed by atoms with Gasteiger partial charge in [-0.2, -0.15) is 0 Å². The smallest absolute Gasteiger partial charge is 0.303 e. The molecule has 0 saturated carbocycles. The molecule has 0 aliphatic heterocycles. The van der Waals surface area contributed by atoms with Gasteiger partial charge in [-0.15, -0.1) is 0 Å². The zero-order valence-corrected chi connectivity index (χ0v) is 16.7. The Kier molecular flexibility index (Phi) is 8.32. The standard InChI is InChI=1S/C22H34O4/c1-21(2,15-19(23)24)12-6-10-17-8-5-9-18(14-17)11-7-13-22(3,4)16-20(25)26/h5,8-9,14H,6-7,10-13,15-16H2,1-4H3,(H,23,24)(H,25,26). The molecule has 1 aromatic carbocycles. The fourth-order valence-corrected chi connectivity index (χ4v) is 3.48. The summed E-state index contributed by atoms with van der Waals surface area (Å²) in [5, 5.41) is 17.9. The van der Waals surface area contributed by atoms with Crippen molar-refractivity contribution in [1.29, 1.82) is 0 Å². The van der Waals surface area contributed by atoms with Gasteiger partial charge in [-0.1, -0.05) is 52.0 Å². The Morgan fingerprint density at radius 3 is 1.54 bits per heavy atom. The van der Waals surface area contributed by atoms with Crippen LogP contribution < -0.4 is 0 Å². The second-order valence-electron chi connectivity index (χ2n) is 9.00. The number of carboxylic acid groups (broad SMARTS) is 2. The zero-order valence-electron chi connectivity index (χ0n) is 16.7. The number of benzene rings is 1. The molecule has 0 spiro atoms. The third-order valence-corrected chi connectivity index (χ3v) is 4.89. The summed E-state index contributed by atoms with van der Waals surface area (Å²) in [7, 11) is 0. The highest BCUT2D eigenvalue weighted by Gasteiger charge is 2.22. The van der Waals surface area contributed by atoms with Crippen molar-refractivity contribution in [3.05, 3.63) is 35.4 Å². The first-order valence-corrected chi connectivity index (χ1v) is 9.51.